The number of aromatic nitrogens is 3. The highest BCUT2D eigenvalue weighted by molar-refractivity contribution is 5.95. The highest BCUT2D eigenvalue weighted by atomic mass is 16.3. The maximum Gasteiger partial charge on any atom is 0.248 e. The molecule has 0 bridgehead atoms. The minimum Gasteiger partial charge on any atom is -0.396 e. The molecule has 0 aliphatic carbocycles. The SMILES string of the molecule is CC1=C(C(N)=O)[C@@H](c2cccc(C)c2)n2nc(CCCO)nc2N1. The third-order valence-corrected chi connectivity index (χ3v) is 4.08. The number of hydrogen-bond donors (Lipinski definition) is 3. The zero-order valence-electron chi connectivity index (χ0n) is 13.8. The second-order valence-corrected chi connectivity index (χ2v) is 5.97. The Kier molecular flexibility index (Phi) is 4.35. The molecular formula is C17H21N5O2. The van der Waals surface area contributed by atoms with Crippen LogP contribution < -0.4 is 11.1 Å². The minimum absolute atomic E-state index is 0.0857. The molecule has 2 aromatic rings. The second kappa shape index (κ2) is 6.45. The Labute approximate surface area is 140 Å². The number of benzene rings is 1. The van der Waals surface area contributed by atoms with E-state index in [1.165, 1.54) is 0 Å². The number of carbonyl (C=O) groups excluding carboxylic acids is 1. The normalized spacial score (nSPS) is 16.7. The van der Waals surface area contributed by atoms with Crippen molar-refractivity contribution in [1.82, 2.24) is 14.8 Å². The lowest BCUT2D eigenvalue weighted by molar-refractivity contribution is -0.115. The van der Waals surface area contributed by atoms with Gasteiger partial charge in [-0.25, -0.2) is 4.68 Å². The third kappa shape index (κ3) is 2.90. The molecule has 7 nitrogen and oxygen atoms in total. The van der Waals surface area contributed by atoms with Crippen LogP contribution >= 0.6 is 0 Å². The number of primary amides is 1. The number of fused-ring (bicyclic) bond motifs is 1. The second-order valence-electron chi connectivity index (χ2n) is 5.97. The van der Waals surface area contributed by atoms with E-state index in [0.717, 1.165) is 11.1 Å². The van der Waals surface area contributed by atoms with Crippen LogP contribution in [0.2, 0.25) is 0 Å². The first kappa shape index (κ1) is 16.2. The number of nitrogens with two attached hydrogens (primary N) is 1. The Balaban J connectivity index is 2.11. The summed E-state index contributed by atoms with van der Waals surface area (Å²) in [5.41, 5.74) is 8.82. The molecule has 0 unspecified atom stereocenters. The van der Waals surface area contributed by atoms with Crippen molar-refractivity contribution < 1.29 is 9.90 Å². The summed E-state index contributed by atoms with van der Waals surface area (Å²) in [5, 5.41) is 16.6. The van der Waals surface area contributed by atoms with Gasteiger partial charge in [0, 0.05) is 18.7 Å². The van der Waals surface area contributed by atoms with Gasteiger partial charge in [-0.2, -0.15) is 10.1 Å². The number of amides is 1. The van der Waals surface area contributed by atoms with E-state index in [4.69, 9.17) is 10.8 Å². The fourth-order valence-corrected chi connectivity index (χ4v) is 3.01. The van der Waals surface area contributed by atoms with Gasteiger partial charge in [-0.05, 0) is 25.8 Å². The van der Waals surface area contributed by atoms with Crippen LogP contribution in [0.3, 0.4) is 0 Å². The van der Waals surface area contributed by atoms with Gasteiger partial charge >= 0.3 is 0 Å². The van der Waals surface area contributed by atoms with Crippen molar-refractivity contribution in [3.8, 4) is 0 Å². The molecule has 4 N–H and O–H groups in total. The minimum atomic E-state index is -0.482. The van der Waals surface area contributed by atoms with Gasteiger partial charge in [-0.15, -0.1) is 0 Å². The van der Waals surface area contributed by atoms with Gasteiger partial charge in [0.15, 0.2) is 5.82 Å². The van der Waals surface area contributed by atoms with Gasteiger partial charge in [-0.1, -0.05) is 29.8 Å². The maximum absolute atomic E-state index is 12.1. The maximum atomic E-state index is 12.1. The highest BCUT2D eigenvalue weighted by Crippen LogP contribution is 2.35. The summed E-state index contributed by atoms with van der Waals surface area (Å²) in [6.45, 7) is 3.90. The van der Waals surface area contributed by atoms with Crippen LogP contribution in [0.25, 0.3) is 0 Å². The molecule has 0 spiro atoms. The molecule has 7 heteroatoms. The van der Waals surface area contributed by atoms with Crippen molar-refractivity contribution in [1.29, 1.82) is 0 Å². The molecule has 1 aliphatic heterocycles. The number of nitrogens with zero attached hydrogens (tertiary/aromatic N) is 3. The van der Waals surface area contributed by atoms with Crippen LogP contribution in [0.4, 0.5) is 5.95 Å². The van der Waals surface area contributed by atoms with Crippen LogP contribution in [0.1, 0.15) is 36.3 Å². The molecule has 1 amide bonds. The van der Waals surface area contributed by atoms with E-state index >= 15 is 0 Å². The van der Waals surface area contributed by atoms with Crippen LogP contribution in [-0.2, 0) is 11.2 Å². The van der Waals surface area contributed by atoms with Crippen molar-refractivity contribution in [3.63, 3.8) is 0 Å². The summed E-state index contributed by atoms with van der Waals surface area (Å²) in [5.74, 6) is 0.726. The fraction of sp³-hybridized carbons (Fsp3) is 0.353. The lowest BCUT2D eigenvalue weighted by Crippen LogP contribution is -2.31. The van der Waals surface area contributed by atoms with Crippen molar-refractivity contribution >= 4 is 11.9 Å². The van der Waals surface area contributed by atoms with Gasteiger partial charge < -0.3 is 16.2 Å². The zero-order valence-corrected chi connectivity index (χ0v) is 13.8. The lowest BCUT2D eigenvalue weighted by Gasteiger charge is -2.27. The van der Waals surface area contributed by atoms with E-state index in [-0.39, 0.29) is 6.61 Å². The Morgan fingerprint density at radius 2 is 2.21 bits per heavy atom. The molecule has 126 valence electrons. The molecule has 3 rings (SSSR count). The predicted molar refractivity (Wildman–Crippen MR) is 90.3 cm³/mol. The fourth-order valence-electron chi connectivity index (χ4n) is 3.01. The number of rotatable bonds is 5. The highest BCUT2D eigenvalue weighted by Gasteiger charge is 2.33. The van der Waals surface area contributed by atoms with E-state index in [2.05, 4.69) is 15.4 Å². The smallest absolute Gasteiger partial charge is 0.248 e. The molecule has 0 fully saturated rings. The molecule has 0 saturated heterocycles. The number of anilines is 1. The number of aliphatic hydroxyl groups is 1. The van der Waals surface area contributed by atoms with Crippen molar-refractivity contribution in [2.24, 2.45) is 5.73 Å². The lowest BCUT2D eigenvalue weighted by atomic mass is 9.94. The molecule has 24 heavy (non-hydrogen) atoms. The van der Waals surface area contributed by atoms with Gasteiger partial charge in [-0.3, -0.25) is 4.79 Å². The number of allylic oxidation sites excluding steroid dienone is 1. The Morgan fingerprint density at radius 1 is 1.42 bits per heavy atom. The Morgan fingerprint density at radius 3 is 2.88 bits per heavy atom. The molecular weight excluding hydrogens is 306 g/mol. The number of nitrogens with one attached hydrogen (secondary N) is 1. The molecule has 0 radical (unpaired) electrons. The number of aryl methyl sites for hydroxylation is 2. The molecule has 1 atom stereocenters. The summed E-state index contributed by atoms with van der Waals surface area (Å²) in [7, 11) is 0. The van der Waals surface area contributed by atoms with E-state index < -0.39 is 11.9 Å². The molecule has 1 aliphatic rings. The van der Waals surface area contributed by atoms with E-state index in [9.17, 15) is 4.79 Å². The van der Waals surface area contributed by atoms with Crippen molar-refractivity contribution in [2.45, 2.75) is 32.7 Å². The standard InChI is InChI=1S/C17H21N5O2/c1-10-5-3-6-12(9-10)15-14(16(18)24)11(2)19-17-20-13(7-4-8-23)21-22(15)17/h3,5-6,9,15,23H,4,7-8H2,1-2H3,(H2,18,24)(H,19,20,21)/t15-/m1/s1. The summed E-state index contributed by atoms with van der Waals surface area (Å²) >= 11 is 0. The van der Waals surface area contributed by atoms with Gasteiger partial charge in [0.05, 0.1) is 5.57 Å². The Hall–Kier alpha value is -2.67. The molecule has 1 aromatic heterocycles. The first-order valence-corrected chi connectivity index (χ1v) is 7.91. The largest absolute Gasteiger partial charge is 0.396 e. The summed E-state index contributed by atoms with van der Waals surface area (Å²) in [6, 6.07) is 7.52. The summed E-state index contributed by atoms with van der Waals surface area (Å²) in [4.78, 5) is 16.5. The molecule has 2 heterocycles. The van der Waals surface area contributed by atoms with Gasteiger partial charge in [0.25, 0.3) is 0 Å². The Bertz CT molecular complexity index is 809. The van der Waals surface area contributed by atoms with E-state index in [1.807, 2.05) is 38.1 Å². The van der Waals surface area contributed by atoms with E-state index in [0.29, 0.717) is 35.9 Å². The van der Waals surface area contributed by atoms with Crippen LogP contribution in [-0.4, -0.2) is 32.4 Å². The average Bonchev–Trinajstić information content (AvgIpc) is 2.93. The average molecular weight is 327 g/mol. The summed E-state index contributed by atoms with van der Waals surface area (Å²) in [6.07, 6.45) is 1.16. The predicted octanol–water partition coefficient (Wildman–Crippen LogP) is 1.29. The zero-order chi connectivity index (χ0) is 17.3. The number of carbonyl (C=O) groups is 1. The van der Waals surface area contributed by atoms with E-state index in [1.54, 1.807) is 4.68 Å². The van der Waals surface area contributed by atoms with Crippen LogP contribution in [0.15, 0.2) is 35.5 Å². The number of aliphatic hydroxyl groups excluding tert-OH is 1. The quantitative estimate of drug-likeness (QED) is 0.767. The van der Waals surface area contributed by atoms with Crippen molar-refractivity contribution in [2.75, 3.05) is 11.9 Å². The molecule has 0 saturated carbocycles. The topological polar surface area (TPSA) is 106 Å². The summed E-state index contributed by atoms with van der Waals surface area (Å²) < 4.78 is 1.70. The number of hydrogen-bond acceptors (Lipinski definition) is 5. The van der Waals surface area contributed by atoms with Gasteiger partial charge in [0.1, 0.15) is 6.04 Å². The first-order chi connectivity index (χ1) is 11.5. The van der Waals surface area contributed by atoms with Crippen molar-refractivity contribution in [3.05, 3.63) is 52.5 Å². The van der Waals surface area contributed by atoms with Crippen LogP contribution in [0, 0.1) is 6.92 Å². The van der Waals surface area contributed by atoms with Crippen LogP contribution in [0.5, 0.6) is 0 Å². The first-order valence-electron chi connectivity index (χ1n) is 7.91. The third-order valence-electron chi connectivity index (χ3n) is 4.08. The monoisotopic (exact) mass is 327 g/mol. The molecule has 1 aromatic carbocycles. The van der Waals surface area contributed by atoms with Gasteiger partial charge in [0.2, 0.25) is 11.9 Å².